The van der Waals surface area contributed by atoms with Crippen LogP contribution in [-0.2, 0) is 4.79 Å². The van der Waals surface area contributed by atoms with Gasteiger partial charge in [-0.3, -0.25) is 4.79 Å². The molecule has 2 rings (SSSR count). The average molecular weight is 179 g/mol. The molecule has 0 bridgehead atoms. The summed E-state index contributed by atoms with van der Waals surface area (Å²) in [5.74, 6) is 1.41. The van der Waals surface area contributed by atoms with Crippen molar-refractivity contribution < 1.29 is 4.79 Å². The Labute approximate surface area is 79.6 Å². The van der Waals surface area contributed by atoms with Crippen LogP contribution in [0.1, 0.15) is 26.2 Å². The van der Waals surface area contributed by atoms with Crippen LogP contribution in [0.2, 0.25) is 0 Å². The molecule has 0 spiro atoms. The van der Waals surface area contributed by atoms with Crippen molar-refractivity contribution in [2.24, 2.45) is 11.8 Å². The van der Waals surface area contributed by atoms with E-state index in [0.29, 0.717) is 5.91 Å². The third-order valence-electron chi connectivity index (χ3n) is 2.99. The van der Waals surface area contributed by atoms with Gasteiger partial charge >= 0.3 is 0 Å². The Morgan fingerprint density at radius 3 is 2.69 bits per heavy atom. The fraction of sp³-hybridized carbons (Fsp3) is 0.727. The predicted molar refractivity (Wildman–Crippen MR) is 52.2 cm³/mol. The maximum atomic E-state index is 11.8. The lowest BCUT2D eigenvalue weighted by Crippen LogP contribution is -2.51. The van der Waals surface area contributed by atoms with Crippen molar-refractivity contribution in [2.75, 3.05) is 13.1 Å². The van der Waals surface area contributed by atoms with Gasteiger partial charge in [0.15, 0.2) is 0 Å². The first-order valence-corrected chi connectivity index (χ1v) is 5.21. The van der Waals surface area contributed by atoms with Gasteiger partial charge in [-0.15, -0.1) is 0 Å². The van der Waals surface area contributed by atoms with E-state index in [4.69, 9.17) is 0 Å². The predicted octanol–water partition coefficient (Wildman–Crippen LogP) is 1.82. The quantitative estimate of drug-likeness (QED) is 0.562. The normalized spacial score (nSPS) is 28.7. The summed E-state index contributed by atoms with van der Waals surface area (Å²) in [7, 11) is 0. The van der Waals surface area contributed by atoms with Gasteiger partial charge in [0.25, 0.3) is 0 Å². The monoisotopic (exact) mass is 179 g/mol. The molecule has 0 aromatic carbocycles. The Balaban J connectivity index is 1.86. The summed E-state index contributed by atoms with van der Waals surface area (Å²) >= 11 is 0. The summed E-state index contributed by atoms with van der Waals surface area (Å²) in [6.07, 6.45) is 7.43. The molecule has 0 aromatic heterocycles. The summed E-state index contributed by atoms with van der Waals surface area (Å²) in [4.78, 5) is 13.8. The standard InChI is InChI=1S/C11H17NO/c1-9-7-12(8-9)11(13)10-5-3-2-4-6-10/h2-3,9-10H,4-8H2,1H3. The second kappa shape index (κ2) is 3.52. The van der Waals surface area contributed by atoms with Crippen LogP contribution in [0.25, 0.3) is 0 Å². The Bertz CT molecular complexity index is 228. The number of carbonyl (C=O) groups is 1. The van der Waals surface area contributed by atoms with Crippen molar-refractivity contribution in [3.8, 4) is 0 Å². The second-order valence-electron chi connectivity index (χ2n) is 4.33. The van der Waals surface area contributed by atoms with Crippen LogP contribution in [0.15, 0.2) is 12.2 Å². The average Bonchev–Trinajstić information content (AvgIpc) is 2.13. The molecule has 2 aliphatic rings. The van der Waals surface area contributed by atoms with E-state index in [1.54, 1.807) is 0 Å². The lowest BCUT2D eigenvalue weighted by molar-refractivity contribution is -0.141. The fourth-order valence-corrected chi connectivity index (χ4v) is 2.16. The molecule has 1 fully saturated rings. The van der Waals surface area contributed by atoms with Crippen molar-refractivity contribution in [3.63, 3.8) is 0 Å². The zero-order chi connectivity index (χ0) is 9.26. The van der Waals surface area contributed by atoms with Crippen LogP contribution in [-0.4, -0.2) is 23.9 Å². The first-order valence-electron chi connectivity index (χ1n) is 5.21. The number of carbonyl (C=O) groups excluding carboxylic acids is 1. The number of amides is 1. The van der Waals surface area contributed by atoms with Gasteiger partial charge in [-0.05, 0) is 25.2 Å². The molecule has 13 heavy (non-hydrogen) atoms. The molecule has 1 saturated heterocycles. The zero-order valence-electron chi connectivity index (χ0n) is 8.20. The van der Waals surface area contributed by atoms with E-state index in [1.807, 2.05) is 4.90 Å². The summed E-state index contributed by atoms with van der Waals surface area (Å²) in [5, 5.41) is 0. The Morgan fingerprint density at radius 2 is 2.15 bits per heavy atom. The lowest BCUT2D eigenvalue weighted by atomic mass is 9.91. The molecule has 0 radical (unpaired) electrons. The Hall–Kier alpha value is -0.790. The topological polar surface area (TPSA) is 20.3 Å². The highest BCUT2D eigenvalue weighted by Gasteiger charge is 2.31. The SMILES string of the molecule is CC1CN(C(=O)C2CC=CCC2)C1. The van der Waals surface area contributed by atoms with E-state index in [2.05, 4.69) is 19.1 Å². The molecule has 0 aromatic rings. The fourth-order valence-electron chi connectivity index (χ4n) is 2.16. The minimum absolute atomic E-state index is 0.289. The highest BCUT2D eigenvalue weighted by atomic mass is 16.2. The Kier molecular flexibility index (Phi) is 2.38. The summed E-state index contributed by atoms with van der Waals surface area (Å²) in [6.45, 7) is 4.17. The molecule has 72 valence electrons. The molecule has 1 atom stereocenters. The number of hydrogen-bond donors (Lipinski definition) is 0. The third kappa shape index (κ3) is 1.77. The van der Waals surface area contributed by atoms with E-state index in [1.165, 1.54) is 0 Å². The van der Waals surface area contributed by atoms with Gasteiger partial charge in [0.2, 0.25) is 5.91 Å². The van der Waals surface area contributed by atoms with E-state index < -0.39 is 0 Å². The highest BCUT2D eigenvalue weighted by Crippen LogP contribution is 2.24. The summed E-state index contributed by atoms with van der Waals surface area (Å²) in [6, 6.07) is 0. The molecule has 2 heteroatoms. The molecule has 1 amide bonds. The first-order chi connectivity index (χ1) is 6.27. The molecule has 1 aliphatic carbocycles. The van der Waals surface area contributed by atoms with Crippen molar-refractivity contribution in [3.05, 3.63) is 12.2 Å². The number of rotatable bonds is 1. The van der Waals surface area contributed by atoms with E-state index >= 15 is 0 Å². The highest BCUT2D eigenvalue weighted by molar-refractivity contribution is 5.79. The van der Waals surface area contributed by atoms with Crippen LogP contribution in [0.5, 0.6) is 0 Å². The molecule has 1 aliphatic heterocycles. The van der Waals surface area contributed by atoms with Crippen molar-refractivity contribution >= 4 is 5.91 Å². The molecule has 0 saturated carbocycles. The summed E-state index contributed by atoms with van der Waals surface area (Å²) in [5.41, 5.74) is 0. The van der Waals surface area contributed by atoms with Gasteiger partial charge in [-0.25, -0.2) is 0 Å². The van der Waals surface area contributed by atoms with Crippen LogP contribution in [0.4, 0.5) is 0 Å². The van der Waals surface area contributed by atoms with Crippen molar-refractivity contribution in [1.29, 1.82) is 0 Å². The second-order valence-corrected chi connectivity index (χ2v) is 4.33. The van der Waals surface area contributed by atoms with Crippen LogP contribution >= 0.6 is 0 Å². The van der Waals surface area contributed by atoms with E-state index in [0.717, 1.165) is 38.3 Å². The van der Waals surface area contributed by atoms with E-state index in [-0.39, 0.29) is 5.92 Å². The smallest absolute Gasteiger partial charge is 0.226 e. The molecular weight excluding hydrogens is 162 g/mol. The third-order valence-corrected chi connectivity index (χ3v) is 2.99. The zero-order valence-corrected chi connectivity index (χ0v) is 8.20. The van der Waals surface area contributed by atoms with Crippen LogP contribution in [0, 0.1) is 11.8 Å². The number of nitrogens with zero attached hydrogens (tertiary/aromatic N) is 1. The van der Waals surface area contributed by atoms with Gasteiger partial charge in [0.05, 0.1) is 0 Å². The van der Waals surface area contributed by atoms with Crippen molar-refractivity contribution in [2.45, 2.75) is 26.2 Å². The van der Waals surface area contributed by atoms with Gasteiger partial charge in [0.1, 0.15) is 0 Å². The minimum atomic E-state index is 0.289. The number of likely N-dealkylation sites (tertiary alicyclic amines) is 1. The maximum absolute atomic E-state index is 11.8. The molecule has 2 nitrogen and oxygen atoms in total. The van der Waals surface area contributed by atoms with Crippen LogP contribution in [0.3, 0.4) is 0 Å². The first kappa shape index (κ1) is 8.79. The van der Waals surface area contributed by atoms with Crippen LogP contribution < -0.4 is 0 Å². The lowest BCUT2D eigenvalue weighted by Gasteiger charge is -2.39. The molecule has 1 unspecified atom stereocenters. The molecule has 0 N–H and O–H groups in total. The van der Waals surface area contributed by atoms with Gasteiger partial charge in [-0.1, -0.05) is 19.1 Å². The maximum Gasteiger partial charge on any atom is 0.226 e. The van der Waals surface area contributed by atoms with E-state index in [9.17, 15) is 4.79 Å². The molecule has 1 heterocycles. The molecular formula is C11H17NO. The minimum Gasteiger partial charge on any atom is -0.342 e. The summed E-state index contributed by atoms with van der Waals surface area (Å²) < 4.78 is 0. The van der Waals surface area contributed by atoms with Gasteiger partial charge < -0.3 is 4.90 Å². The largest absolute Gasteiger partial charge is 0.342 e. The van der Waals surface area contributed by atoms with Crippen molar-refractivity contribution in [1.82, 2.24) is 4.90 Å². The Morgan fingerprint density at radius 1 is 1.38 bits per heavy atom. The number of allylic oxidation sites excluding steroid dienone is 2. The number of hydrogen-bond acceptors (Lipinski definition) is 1. The van der Waals surface area contributed by atoms with Gasteiger partial charge in [0, 0.05) is 19.0 Å². The van der Waals surface area contributed by atoms with Gasteiger partial charge in [-0.2, -0.15) is 0 Å².